The summed E-state index contributed by atoms with van der Waals surface area (Å²) >= 11 is 0. The molecule has 0 saturated carbocycles. The van der Waals surface area contributed by atoms with Gasteiger partial charge < -0.3 is 0 Å². The van der Waals surface area contributed by atoms with Crippen molar-refractivity contribution in [3.05, 3.63) is 95.6 Å². The van der Waals surface area contributed by atoms with E-state index in [0.717, 1.165) is 6.08 Å². The van der Waals surface area contributed by atoms with E-state index in [1.165, 1.54) is 34.0 Å². The van der Waals surface area contributed by atoms with Crippen molar-refractivity contribution < 1.29 is 0 Å². The van der Waals surface area contributed by atoms with Crippen LogP contribution in [0.4, 0.5) is 0 Å². The first-order valence-electron chi connectivity index (χ1n) is 8.47. The molecule has 0 saturated heterocycles. The molecule has 3 aromatic carbocycles. The van der Waals surface area contributed by atoms with Gasteiger partial charge in [0.15, 0.2) is 0 Å². The monoisotopic (exact) mass is 349 g/mol. The molecule has 0 radical (unpaired) electrons. The van der Waals surface area contributed by atoms with Crippen LogP contribution in [0.5, 0.6) is 0 Å². The molecular formula is C24H19N3. The minimum absolute atomic E-state index is 0.0330. The predicted octanol–water partition coefficient (Wildman–Crippen LogP) is 5.65. The Morgan fingerprint density at radius 1 is 0.741 bits per heavy atom. The molecule has 0 aliphatic rings. The molecule has 3 heteroatoms. The second-order valence-corrected chi connectivity index (χ2v) is 6.46. The Hall–Kier alpha value is -3.87. The molecule has 0 unspecified atom stereocenters. The van der Waals surface area contributed by atoms with Gasteiger partial charge >= 0.3 is 0 Å². The summed E-state index contributed by atoms with van der Waals surface area (Å²) in [4.78, 5) is 0. The second-order valence-electron chi connectivity index (χ2n) is 6.46. The smallest absolute Gasteiger partial charge is 0.140 e. The van der Waals surface area contributed by atoms with Crippen molar-refractivity contribution in [1.29, 1.82) is 15.8 Å². The first-order valence-corrected chi connectivity index (χ1v) is 8.47. The molecular weight excluding hydrogens is 330 g/mol. The number of nitriles is 3. The minimum Gasteiger partial charge on any atom is -0.193 e. The van der Waals surface area contributed by atoms with Gasteiger partial charge in [-0.2, -0.15) is 15.8 Å². The zero-order valence-electron chi connectivity index (χ0n) is 15.3. The van der Waals surface area contributed by atoms with Gasteiger partial charge in [-0.1, -0.05) is 86.6 Å². The third-order valence-corrected chi connectivity index (χ3v) is 4.42. The summed E-state index contributed by atoms with van der Waals surface area (Å²) in [5.41, 5.74) is 2.58. The van der Waals surface area contributed by atoms with Gasteiger partial charge in [-0.15, -0.1) is 0 Å². The lowest BCUT2D eigenvalue weighted by Gasteiger charge is -2.26. The third kappa shape index (κ3) is 4.82. The predicted molar refractivity (Wildman–Crippen MR) is 107 cm³/mol. The number of allylic oxidation sites excluding steroid dienone is 2. The van der Waals surface area contributed by atoms with Crippen molar-refractivity contribution in [3.63, 3.8) is 0 Å². The number of hydrogen-bond donors (Lipinski definition) is 0. The van der Waals surface area contributed by atoms with E-state index in [4.69, 9.17) is 15.8 Å². The van der Waals surface area contributed by atoms with E-state index in [2.05, 4.69) is 86.6 Å². The highest BCUT2D eigenvalue weighted by Gasteiger charge is 2.22. The van der Waals surface area contributed by atoms with Crippen LogP contribution in [-0.4, -0.2) is 0 Å². The summed E-state index contributed by atoms with van der Waals surface area (Å²) in [6.45, 7) is 4.57. The third-order valence-electron chi connectivity index (χ3n) is 4.42. The fraction of sp³-hybridized carbons (Fsp3) is 0.125. The molecule has 0 heterocycles. The molecule has 0 bridgehead atoms. The fourth-order valence-electron chi connectivity index (χ4n) is 2.75. The normalized spacial score (nSPS) is 9.74. The summed E-state index contributed by atoms with van der Waals surface area (Å²) in [5, 5.41) is 26.4. The van der Waals surface area contributed by atoms with Gasteiger partial charge in [0.1, 0.15) is 17.7 Å². The van der Waals surface area contributed by atoms with Gasteiger partial charge in [0.05, 0.1) is 6.07 Å². The summed E-state index contributed by atoms with van der Waals surface area (Å²) in [6.07, 6.45) is 0.903. The Labute approximate surface area is 160 Å². The highest BCUT2D eigenvalue weighted by Crippen LogP contribution is 2.32. The molecule has 0 N–H and O–H groups in total. The SMILES string of the molecule is CC(C)(c1ccccc1)c1ccc2ccccc2c1.N#CC=C(C#N)C#N. The van der Waals surface area contributed by atoms with Gasteiger partial charge in [-0.3, -0.25) is 0 Å². The van der Waals surface area contributed by atoms with Gasteiger partial charge in [0.25, 0.3) is 0 Å². The van der Waals surface area contributed by atoms with Crippen molar-refractivity contribution in [2.75, 3.05) is 0 Å². The average Bonchev–Trinajstić information content (AvgIpc) is 2.72. The van der Waals surface area contributed by atoms with E-state index < -0.39 is 0 Å². The molecule has 0 spiro atoms. The molecule has 3 nitrogen and oxygen atoms in total. The highest BCUT2D eigenvalue weighted by atomic mass is 14.3. The molecule has 0 amide bonds. The fourth-order valence-corrected chi connectivity index (χ4v) is 2.75. The van der Waals surface area contributed by atoms with E-state index in [1.807, 2.05) is 0 Å². The van der Waals surface area contributed by atoms with E-state index in [1.54, 1.807) is 6.07 Å². The van der Waals surface area contributed by atoms with Crippen LogP contribution >= 0.6 is 0 Å². The maximum Gasteiger partial charge on any atom is 0.140 e. The van der Waals surface area contributed by atoms with Gasteiger partial charge in [-0.25, -0.2) is 0 Å². The maximum atomic E-state index is 7.97. The van der Waals surface area contributed by atoms with Crippen molar-refractivity contribution in [2.24, 2.45) is 0 Å². The largest absolute Gasteiger partial charge is 0.193 e. The Morgan fingerprint density at radius 3 is 1.89 bits per heavy atom. The van der Waals surface area contributed by atoms with Crippen LogP contribution < -0.4 is 0 Å². The molecule has 27 heavy (non-hydrogen) atoms. The van der Waals surface area contributed by atoms with Crippen LogP contribution in [0.2, 0.25) is 0 Å². The van der Waals surface area contributed by atoms with E-state index in [-0.39, 0.29) is 11.0 Å². The van der Waals surface area contributed by atoms with Gasteiger partial charge in [-0.05, 0) is 21.9 Å². The molecule has 0 fully saturated rings. The van der Waals surface area contributed by atoms with Crippen LogP contribution in [0.15, 0.2) is 84.4 Å². The zero-order chi connectivity index (χ0) is 19.7. The number of benzene rings is 3. The van der Waals surface area contributed by atoms with Crippen molar-refractivity contribution in [1.82, 2.24) is 0 Å². The second kappa shape index (κ2) is 9.00. The molecule has 130 valence electrons. The molecule has 3 rings (SSSR count). The molecule has 3 aromatic rings. The summed E-state index contributed by atoms with van der Waals surface area (Å²) in [7, 11) is 0. The van der Waals surface area contributed by atoms with E-state index in [9.17, 15) is 0 Å². The van der Waals surface area contributed by atoms with Crippen molar-refractivity contribution in [3.8, 4) is 18.2 Å². The first kappa shape index (κ1) is 19.5. The Morgan fingerprint density at radius 2 is 1.33 bits per heavy atom. The van der Waals surface area contributed by atoms with E-state index >= 15 is 0 Å². The van der Waals surface area contributed by atoms with Gasteiger partial charge in [0, 0.05) is 11.5 Å². The number of nitrogens with zero attached hydrogens (tertiary/aromatic N) is 3. The quantitative estimate of drug-likeness (QED) is 0.561. The Bertz CT molecular complexity index is 1060. The lowest BCUT2D eigenvalue weighted by atomic mass is 9.77. The van der Waals surface area contributed by atoms with Gasteiger partial charge in [0.2, 0.25) is 0 Å². The standard InChI is InChI=1S/C19H18.C5HN3/c1-19(2,17-10-4-3-5-11-17)18-13-12-15-8-6-7-9-16(15)14-18;6-2-1-5(3-7)4-8/h3-14H,1-2H3;1H. The Kier molecular flexibility index (Phi) is 6.49. The molecule has 0 aliphatic heterocycles. The van der Waals surface area contributed by atoms with Crippen LogP contribution in [0.3, 0.4) is 0 Å². The van der Waals surface area contributed by atoms with Crippen LogP contribution in [-0.2, 0) is 5.41 Å². The molecule has 0 aliphatic carbocycles. The summed E-state index contributed by atoms with van der Waals surface area (Å²) < 4.78 is 0. The summed E-state index contributed by atoms with van der Waals surface area (Å²) in [6, 6.07) is 30.6. The topological polar surface area (TPSA) is 71.4 Å². The first-order chi connectivity index (χ1) is 13.0. The van der Waals surface area contributed by atoms with Crippen LogP contribution in [0, 0.1) is 34.0 Å². The summed E-state index contributed by atoms with van der Waals surface area (Å²) in [5.74, 6) is 0. The van der Waals surface area contributed by atoms with Crippen LogP contribution in [0.1, 0.15) is 25.0 Å². The van der Waals surface area contributed by atoms with Crippen molar-refractivity contribution >= 4 is 10.8 Å². The van der Waals surface area contributed by atoms with Crippen molar-refractivity contribution in [2.45, 2.75) is 19.3 Å². The number of hydrogen-bond acceptors (Lipinski definition) is 3. The maximum absolute atomic E-state index is 7.97. The molecule has 0 atom stereocenters. The highest BCUT2D eigenvalue weighted by molar-refractivity contribution is 5.83. The average molecular weight is 349 g/mol. The number of fused-ring (bicyclic) bond motifs is 1. The lowest BCUT2D eigenvalue weighted by molar-refractivity contribution is 0.642. The van der Waals surface area contributed by atoms with E-state index in [0.29, 0.717) is 0 Å². The zero-order valence-corrected chi connectivity index (χ0v) is 15.3. The molecule has 0 aromatic heterocycles. The lowest BCUT2D eigenvalue weighted by Crippen LogP contribution is -2.18. The minimum atomic E-state index is -0.160. The van der Waals surface area contributed by atoms with Crippen LogP contribution in [0.25, 0.3) is 10.8 Å². The number of rotatable bonds is 2. The Balaban J connectivity index is 0.000000279.